The van der Waals surface area contributed by atoms with Crippen LogP contribution in [0.5, 0.6) is 0 Å². The number of carboxylic acids is 1. The van der Waals surface area contributed by atoms with Crippen LogP contribution in [0.15, 0.2) is 34.9 Å². The molecule has 1 fully saturated rings. The molecule has 2 aromatic rings. The van der Waals surface area contributed by atoms with Gasteiger partial charge in [0.1, 0.15) is 0 Å². The number of nitrogens with zero attached hydrogens (tertiary/aromatic N) is 2. The van der Waals surface area contributed by atoms with Crippen molar-refractivity contribution in [2.75, 3.05) is 19.8 Å². The predicted octanol–water partition coefficient (Wildman–Crippen LogP) is 2.63. The largest absolute Gasteiger partial charge is 0.481 e. The number of aryl methyl sites for hydroxylation is 1. The van der Waals surface area contributed by atoms with Crippen LogP contribution in [0.4, 0.5) is 0 Å². The van der Waals surface area contributed by atoms with Gasteiger partial charge in [-0.2, -0.15) is 0 Å². The zero-order valence-electron chi connectivity index (χ0n) is 14.1. The van der Waals surface area contributed by atoms with E-state index in [1.54, 1.807) is 23.2 Å². The minimum absolute atomic E-state index is 0.120. The van der Waals surface area contributed by atoms with E-state index in [4.69, 9.17) is 25.9 Å². The molecule has 26 heavy (non-hydrogen) atoms. The molecule has 0 bridgehead atoms. The van der Waals surface area contributed by atoms with Crippen molar-refractivity contribution in [1.82, 2.24) is 9.88 Å². The summed E-state index contributed by atoms with van der Waals surface area (Å²) in [6.45, 7) is 1.07. The second-order valence-corrected chi connectivity index (χ2v) is 6.48. The molecule has 1 atom stereocenters. The zero-order chi connectivity index (χ0) is 18.5. The molecule has 7 nitrogen and oxygen atoms in total. The van der Waals surface area contributed by atoms with Gasteiger partial charge >= 0.3 is 5.97 Å². The average molecular weight is 379 g/mol. The normalized spacial score (nSPS) is 17.3. The quantitative estimate of drug-likeness (QED) is 0.830. The van der Waals surface area contributed by atoms with Crippen molar-refractivity contribution in [2.45, 2.75) is 25.3 Å². The highest BCUT2D eigenvalue weighted by Gasteiger charge is 2.29. The van der Waals surface area contributed by atoms with E-state index < -0.39 is 12.0 Å². The fourth-order valence-electron chi connectivity index (χ4n) is 2.88. The number of carboxylic acid groups (broad SMARTS) is 1. The number of aliphatic carboxylic acids is 1. The Morgan fingerprint density at radius 2 is 2.08 bits per heavy atom. The van der Waals surface area contributed by atoms with E-state index in [0.29, 0.717) is 36.2 Å². The Labute approximate surface area is 155 Å². The van der Waals surface area contributed by atoms with Crippen LogP contribution in [0, 0.1) is 0 Å². The highest BCUT2D eigenvalue weighted by atomic mass is 35.5. The molecule has 3 rings (SSSR count). The van der Waals surface area contributed by atoms with E-state index in [0.717, 1.165) is 5.56 Å². The van der Waals surface area contributed by atoms with Crippen molar-refractivity contribution < 1.29 is 23.8 Å². The van der Waals surface area contributed by atoms with Gasteiger partial charge in [0.2, 0.25) is 5.91 Å². The van der Waals surface area contributed by atoms with Gasteiger partial charge in [0, 0.05) is 30.0 Å². The van der Waals surface area contributed by atoms with Crippen molar-refractivity contribution in [2.24, 2.45) is 0 Å². The first-order chi connectivity index (χ1) is 12.5. The number of carbonyl (C=O) groups excluding carboxylic acids is 1. The number of carbonyl (C=O) groups is 2. The summed E-state index contributed by atoms with van der Waals surface area (Å²) in [5.41, 5.74) is 0.856. The van der Waals surface area contributed by atoms with Gasteiger partial charge in [-0.15, -0.1) is 0 Å². The van der Waals surface area contributed by atoms with Crippen LogP contribution >= 0.6 is 11.6 Å². The third-order valence-corrected chi connectivity index (χ3v) is 4.45. The smallest absolute Gasteiger partial charge is 0.305 e. The summed E-state index contributed by atoms with van der Waals surface area (Å²) in [5.74, 6) is 0.00925. The van der Waals surface area contributed by atoms with Crippen molar-refractivity contribution in [3.8, 4) is 11.3 Å². The molecule has 1 N–H and O–H groups in total. The van der Waals surface area contributed by atoms with Gasteiger partial charge in [-0.3, -0.25) is 9.59 Å². The highest BCUT2D eigenvalue weighted by Crippen LogP contribution is 2.23. The molecule has 0 radical (unpaired) electrons. The molecule has 8 heteroatoms. The molecule has 0 aliphatic carbocycles. The van der Waals surface area contributed by atoms with E-state index >= 15 is 0 Å². The Kier molecular flexibility index (Phi) is 5.90. The minimum atomic E-state index is -0.946. The zero-order valence-corrected chi connectivity index (χ0v) is 14.8. The highest BCUT2D eigenvalue weighted by molar-refractivity contribution is 6.30. The molecule has 0 saturated carbocycles. The number of hydrogen-bond donors (Lipinski definition) is 1. The molecule has 1 saturated heterocycles. The molecule has 1 aliphatic heterocycles. The maximum absolute atomic E-state index is 12.5. The van der Waals surface area contributed by atoms with Crippen LogP contribution in [-0.4, -0.2) is 52.7 Å². The molecule has 1 aromatic carbocycles. The molecule has 1 amide bonds. The van der Waals surface area contributed by atoms with Gasteiger partial charge in [-0.1, -0.05) is 11.6 Å². The second kappa shape index (κ2) is 8.33. The van der Waals surface area contributed by atoms with Gasteiger partial charge in [-0.25, -0.2) is 4.98 Å². The van der Waals surface area contributed by atoms with E-state index in [1.807, 2.05) is 12.1 Å². The van der Waals surface area contributed by atoms with E-state index in [2.05, 4.69) is 4.98 Å². The SMILES string of the molecule is O=C(O)CC1COCCN1C(=O)CCc1ncc(-c2ccc(Cl)cc2)o1. The van der Waals surface area contributed by atoms with Crippen LogP contribution in [0.1, 0.15) is 18.7 Å². The van der Waals surface area contributed by atoms with Crippen molar-refractivity contribution in [1.29, 1.82) is 0 Å². The number of hydrogen-bond acceptors (Lipinski definition) is 5. The average Bonchev–Trinajstić information content (AvgIpc) is 3.09. The maximum Gasteiger partial charge on any atom is 0.305 e. The lowest BCUT2D eigenvalue weighted by molar-refractivity contribution is -0.146. The number of aromatic nitrogens is 1. The summed E-state index contributed by atoms with van der Waals surface area (Å²) in [6, 6.07) is 6.78. The summed E-state index contributed by atoms with van der Waals surface area (Å²) in [4.78, 5) is 29.2. The third-order valence-electron chi connectivity index (χ3n) is 4.19. The molecule has 1 aliphatic rings. The summed E-state index contributed by atoms with van der Waals surface area (Å²) >= 11 is 5.87. The van der Waals surface area contributed by atoms with E-state index in [1.165, 1.54) is 0 Å². The molecular weight excluding hydrogens is 360 g/mol. The van der Waals surface area contributed by atoms with Gasteiger partial charge in [-0.05, 0) is 24.3 Å². The Morgan fingerprint density at radius 1 is 1.31 bits per heavy atom. The van der Waals surface area contributed by atoms with E-state index in [-0.39, 0.29) is 25.4 Å². The van der Waals surface area contributed by atoms with Crippen LogP contribution in [-0.2, 0) is 20.7 Å². The lowest BCUT2D eigenvalue weighted by Gasteiger charge is -2.34. The fourth-order valence-corrected chi connectivity index (χ4v) is 3.01. The molecule has 0 spiro atoms. The molecular formula is C18H19ClN2O5. The standard InChI is InChI=1S/C18H19ClN2O5/c19-13-3-1-12(2-4-13)15-10-20-16(26-15)5-6-17(22)21-7-8-25-11-14(21)9-18(23)24/h1-4,10,14H,5-9,11H2,(H,23,24). The van der Waals surface area contributed by atoms with Crippen LogP contribution in [0.3, 0.4) is 0 Å². The van der Waals surface area contributed by atoms with Gasteiger partial charge in [0.25, 0.3) is 0 Å². The summed E-state index contributed by atoms with van der Waals surface area (Å²) in [5, 5.41) is 9.61. The first-order valence-electron chi connectivity index (χ1n) is 8.32. The molecule has 1 unspecified atom stereocenters. The Hall–Kier alpha value is -2.38. The van der Waals surface area contributed by atoms with Crippen molar-refractivity contribution >= 4 is 23.5 Å². The number of morpholine rings is 1. The van der Waals surface area contributed by atoms with E-state index in [9.17, 15) is 9.59 Å². The van der Waals surface area contributed by atoms with Crippen LogP contribution in [0.2, 0.25) is 5.02 Å². The predicted molar refractivity (Wildman–Crippen MR) is 93.8 cm³/mol. The molecule has 1 aromatic heterocycles. The van der Waals surface area contributed by atoms with Gasteiger partial charge < -0.3 is 19.2 Å². The summed E-state index contributed by atoms with van der Waals surface area (Å²) in [6.07, 6.45) is 2.05. The Balaban J connectivity index is 1.59. The number of rotatable bonds is 6. The fraction of sp³-hybridized carbons (Fsp3) is 0.389. The monoisotopic (exact) mass is 378 g/mol. The van der Waals surface area contributed by atoms with Gasteiger partial charge in [0.05, 0.1) is 31.9 Å². The third kappa shape index (κ3) is 4.62. The number of halogens is 1. The molecule has 2 heterocycles. The first kappa shape index (κ1) is 18.4. The number of benzene rings is 1. The number of oxazole rings is 1. The van der Waals surface area contributed by atoms with Gasteiger partial charge in [0.15, 0.2) is 11.7 Å². The summed E-state index contributed by atoms with van der Waals surface area (Å²) in [7, 11) is 0. The van der Waals surface area contributed by atoms with Crippen molar-refractivity contribution in [3.63, 3.8) is 0 Å². The lowest BCUT2D eigenvalue weighted by atomic mass is 10.1. The van der Waals surface area contributed by atoms with Crippen LogP contribution < -0.4 is 0 Å². The minimum Gasteiger partial charge on any atom is -0.481 e. The number of amides is 1. The second-order valence-electron chi connectivity index (χ2n) is 6.04. The first-order valence-corrected chi connectivity index (χ1v) is 8.70. The Morgan fingerprint density at radius 3 is 2.81 bits per heavy atom. The topological polar surface area (TPSA) is 92.9 Å². The Bertz CT molecular complexity index is 774. The molecule has 138 valence electrons. The number of ether oxygens (including phenoxy) is 1. The maximum atomic E-state index is 12.5. The lowest BCUT2D eigenvalue weighted by Crippen LogP contribution is -2.49. The summed E-state index contributed by atoms with van der Waals surface area (Å²) < 4.78 is 11.0. The van der Waals surface area contributed by atoms with Crippen molar-refractivity contribution in [3.05, 3.63) is 41.4 Å². The van der Waals surface area contributed by atoms with Crippen LogP contribution in [0.25, 0.3) is 11.3 Å².